The van der Waals surface area contributed by atoms with Gasteiger partial charge in [-0.2, -0.15) is 0 Å². The molecule has 0 spiro atoms. The van der Waals surface area contributed by atoms with Crippen molar-refractivity contribution < 1.29 is 4.74 Å². The van der Waals surface area contributed by atoms with Crippen molar-refractivity contribution >= 4 is 27.3 Å². The van der Waals surface area contributed by atoms with Gasteiger partial charge in [0.25, 0.3) is 0 Å². The van der Waals surface area contributed by atoms with Crippen LogP contribution in [0.2, 0.25) is 0 Å². The third-order valence-electron chi connectivity index (χ3n) is 2.64. The first-order valence-corrected chi connectivity index (χ1v) is 7.08. The first-order valence-electron chi connectivity index (χ1n) is 5.40. The Hall–Kier alpha value is 0.1000. The summed E-state index contributed by atoms with van der Waals surface area (Å²) in [5.74, 6) is 0. The molecule has 1 atom stereocenters. The average molecular weight is 290 g/mol. The van der Waals surface area contributed by atoms with E-state index in [0.29, 0.717) is 6.10 Å². The Morgan fingerprint density at radius 2 is 2.53 bits per heavy atom. The predicted octanol–water partition coefficient (Wildman–Crippen LogP) is 3.17. The first-order chi connectivity index (χ1) is 7.36. The molecule has 2 rings (SSSR count). The number of halogens is 1. The molecular formula is C11H16BrNOS. The maximum atomic E-state index is 5.57. The van der Waals surface area contributed by atoms with Crippen molar-refractivity contribution in [3.63, 3.8) is 0 Å². The van der Waals surface area contributed by atoms with Gasteiger partial charge in [-0.15, -0.1) is 11.3 Å². The summed E-state index contributed by atoms with van der Waals surface area (Å²) in [4.78, 5) is 1.38. The molecule has 1 aromatic heterocycles. The lowest BCUT2D eigenvalue weighted by atomic mass is 10.2. The highest BCUT2D eigenvalue weighted by Gasteiger charge is 2.14. The Bertz CT molecular complexity index is 297. The van der Waals surface area contributed by atoms with Crippen LogP contribution in [0.4, 0.5) is 0 Å². The van der Waals surface area contributed by atoms with Gasteiger partial charge in [-0.3, -0.25) is 0 Å². The van der Waals surface area contributed by atoms with Gasteiger partial charge in [-0.25, -0.2) is 0 Å². The second kappa shape index (κ2) is 5.99. The molecule has 2 heterocycles. The van der Waals surface area contributed by atoms with Crippen LogP contribution in [0.1, 0.15) is 24.1 Å². The zero-order valence-corrected chi connectivity index (χ0v) is 11.1. The number of thiophene rings is 1. The van der Waals surface area contributed by atoms with Crippen LogP contribution in [-0.2, 0) is 11.3 Å². The predicted molar refractivity (Wildman–Crippen MR) is 67.3 cm³/mol. The van der Waals surface area contributed by atoms with Gasteiger partial charge in [0.05, 0.1) is 6.10 Å². The van der Waals surface area contributed by atoms with Gasteiger partial charge < -0.3 is 10.1 Å². The first kappa shape index (κ1) is 11.6. The molecule has 0 radical (unpaired) electrons. The number of hydrogen-bond donors (Lipinski definition) is 1. The Balaban J connectivity index is 1.60. The third-order valence-corrected chi connectivity index (χ3v) is 4.57. The van der Waals surface area contributed by atoms with E-state index in [4.69, 9.17) is 4.74 Å². The van der Waals surface area contributed by atoms with E-state index >= 15 is 0 Å². The van der Waals surface area contributed by atoms with Crippen molar-refractivity contribution in [2.75, 3.05) is 13.2 Å². The SMILES string of the molecule is Brc1ccsc1CNCCC1CCCO1. The van der Waals surface area contributed by atoms with Crippen molar-refractivity contribution in [1.29, 1.82) is 0 Å². The maximum Gasteiger partial charge on any atom is 0.0588 e. The minimum Gasteiger partial charge on any atom is -0.378 e. The van der Waals surface area contributed by atoms with E-state index in [2.05, 4.69) is 32.7 Å². The number of hydrogen-bond acceptors (Lipinski definition) is 3. The lowest BCUT2D eigenvalue weighted by Crippen LogP contribution is -2.19. The minimum atomic E-state index is 0.504. The van der Waals surface area contributed by atoms with E-state index in [1.165, 1.54) is 22.2 Å². The highest BCUT2D eigenvalue weighted by molar-refractivity contribution is 9.10. The Morgan fingerprint density at radius 1 is 1.60 bits per heavy atom. The van der Waals surface area contributed by atoms with Crippen LogP contribution in [0.5, 0.6) is 0 Å². The molecule has 2 nitrogen and oxygen atoms in total. The summed E-state index contributed by atoms with van der Waals surface area (Å²) in [6.45, 7) is 2.97. The van der Waals surface area contributed by atoms with E-state index in [1.54, 1.807) is 11.3 Å². The average Bonchev–Trinajstić information content (AvgIpc) is 2.85. The van der Waals surface area contributed by atoms with Crippen LogP contribution >= 0.6 is 27.3 Å². The Morgan fingerprint density at radius 3 is 3.20 bits per heavy atom. The smallest absolute Gasteiger partial charge is 0.0588 e. The molecule has 0 aromatic carbocycles. The fourth-order valence-electron chi connectivity index (χ4n) is 1.79. The topological polar surface area (TPSA) is 21.3 Å². The van der Waals surface area contributed by atoms with Crippen molar-refractivity contribution in [3.05, 3.63) is 20.8 Å². The van der Waals surface area contributed by atoms with Gasteiger partial charge in [0.15, 0.2) is 0 Å². The summed E-state index contributed by atoms with van der Waals surface area (Å²) in [5, 5.41) is 5.57. The highest BCUT2D eigenvalue weighted by Crippen LogP contribution is 2.22. The molecule has 1 N–H and O–H groups in total. The number of nitrogens with one attached hydrogen (secondary N) is 1. The molecular weight excluding hydrogens is 274 g/mol. The molecule has 1 aromatic rings. The summed E-state index contributed by atoms with van der Waals surface area (Å²) in [7, 11) is 0. The summed E-state index contributed by atoms with van der Waals surface area (Å²) < 4.78 is 6.79. The Kier molecular flexibility index (Phi) is 4.62. The molecule has 0 amide bonds. The normalized spacial score (nSPS) is 21.0. The van der Waals surface area contributed by atoms with Gasteiger partial charge in [0.2, 0.25) is 0 Å². The number of rotatable bonds is 5. The molecule has 1 aliphatic heterocycles. The molecule has 15 heavy (non-hydrogen) atoms. The molecule has 4 heteroatoms. The van der Waals surface area contributed by atoms with Crippen molar-refractivity contribution in [1.82, 2.24) is 5.32 Å². The fourth-order valence-corrected chi connectivity index (χ4v) is 3.25. The van der Waals surface area contributed by atoms with Crippen LogP contribution in [-0.4, -0.2) is 19.3 Å². The van der Waals surface area contributed by atoms with Gasteiger partial charge in [0, 0.05) is 22.5 Å². The molecule has 0 bridgehead atoms. The molecule has 84 valence electrons. The summed E-state index contributed by atoms with van der Waals surface area (Å²) in [6, 6.07) is 2.10. The van der Waals surface area contributed by atoms with Crippen molar-refractivity contribution in [3.8, 4) is 0 Å². The van der Waals surface area contributed by atoms with Crippen LogP contribution < -0.4 is 5.32 Å². The maximum absolute atomic E-state index is 5.57. The fraction of sp³-hybridized carbons (Fsp3) is 0.636. The zero-order chi connectivity index (χ0) is 10.5. The summed E-state index contributed by atoms with van der Waals surface area (Å²) in [5.41, 5.74) is 0. The molecule has 0 saturated carbocycles. The minimum absolute atomic E-state index is 0.504. The van der Waals surface area contributed by atoms with Crippen molar-refractivity contribution in [2.45, 2.75) is 31.9 Å². The third kappa shape index (κ3) is 3.55. The quantitative estimate of drug-likeness (QED) is 0.841. The van der Waals surface area contributed by atoms with Gasteiger partial charge in [-0.1, -0.05) is 0 Å². The lowest BCUT2D eigenvalue weighted by molar-refractivity contribution is 0.104. The number of ether oxygens (including phenoxy) is 1. The largest absolute Gasteiger partial charge is 0.378 e. The summed E-state index contributed by atoms with van der Waals surface area (Å²) >= 11 is 5.32. The van der Waals surface area contributed by atoms with Crippen LogP contribution in [0.15, 0.2) is 15.9 Å². The highest BCUT2D eigenvalue weighted by atomic mass is 79.9. The zero-order valence-electron chi connectivity index (χ0n) is 8.67. The van der Waals surface area contributed by atoms with Crippen LogP contribution in [0.3, 0.4) is 0 Å². The van der Waals surface area contributed by atoms with Gasteiger partial charge in [0.1, 0.15) is 0 Å². The molecule has 1 aliphatic rings. The van der Waals surface area contributed by atoms with Gasteiger partial charge in [-0.05, 0) is 53.2 Å². The van der Waals surface area contributed by atoms with Crippen LogP contribution in [0.25, 0.3) is 0 Å². The standard InChI is InChI=1S/C11H16BrNOS/c12-10-4-7-15-11(10)8-13-5-3-9-2-1-6-14-9/h4,7,9,13H,1-3,5-6,8H2. The van der Waals surface area contributed by atoms with Gasteiger partial charge >= 0.3 is 0 Å². The van der Waals surface area contributed by atoms with E-state index in [1.807, 2.05) is 0 Å². The van der Waals surface area contributed by atoms with Crippen LogP contribution in [0, 0.1) is 0 Å². The van der Waals surface area contributed by atoms with E-state index in [9.17, 15) is 0 Å². The second-order valence-electron chi connectivity index (χ2n) is 3.79. The molecule has 1 fully saturated rings. The van der Waals surface area contributed by atoms with E-state index in [-0.39, 0.29) is 0 Å². The van der Waals surface area contributed by atoms with E-state index < -0.39 is 0 Å². The lowest BCUT2D eigenvalue weighted by Gasteiger charge is -2.09. The molecule has 1 unspecified atom stereocenters. The molecule has 1 saturated heterocycles. The second-order valence-corrected chi connectivity index (χ2v) is 5.65. The van der Waals surface area contributed by atoms with Crippen molar-refractivity contribution in [2.24, 2.45) is 0 Å². The summed E-state index contributed by atoms with van der Waals surface area (Å²) in [6.07, 6.45) is 4.12. The molecule has 0 aliphatic carbocycles. The monoisotopic (exact) mass is 289 g/mol. The Labute approximate surface area is 103 Å². The van der Waals surface area contributed by atoms with E-state index in [0.717, 1.165) is 26.1 Å².